The molecular formula is C14H18N4OS. The molecule has 1 aromatic carbocycles. The van der Waals surface area contributed by atoms with Crippen molar-refractivity contribution in [2.24, 2.45) is 5.84 Å². The van der Waals surface area contributed by atoms with Gasteiger partial charge in [-0.05, 0) is 38.5 Å². The lowest BCUT2D eigenvalue weighted by molar-refractivity contribution is 0.0940. The van der Waals surface area contributed by atoms with Crippen LogP contribution in [0.25, 0.3) is 0 Å². The van der Waals surface area contributed by atoms with Crippen molar-refractivity contribution < 1.29 is 4.79 Å². The Bertz CT molecular complexity index is 623. The topological polar surface area (TPSA) is 80.0 Å². The molecule has 1 atom stereocenters. The van der Waals surface area contributed by atoms with Crippen LogP contribution in [0.1, 0.15) is 38.8 Å². The van der Waals surface area contributed by atoms with Gasteiger partial charge in [0, 0.05) is 11.1 Å². The van der Waals surface area contributed by atoms with E-state index in [1.807, 2.05) is 32.9 Å². The highest BCUT2D eigenvalue weighted by atomic mass is 32.1. The predicted molar refractivity (Wildman–Crippen MR) is 81.7 cm³/mol. The van der Waals surface area contributed by atoms with Crippen LogP contribution < -0.4 is 16.6 Å². The number of nitrogens with zero attached hydrogens (tertiary/aromatic N) is 1. The highest BCUT2D eigenvalue weighted by Gasteiger charge is 2.16. The molecule has 1 amide bonds. The molecule has 0 bridgehead atoms. The standard InChI is InChI=1S/C14H18N4OS/c1-8-4-5-11(12(6-8)18-15)13(19)17-10(3)14-16-7-9(2)20-14/h4-7,10,18H,15H2,1-3H3,(H,17,19). The number of nitrogens with one attached hydrogen (secondary N) is 2. The predicted octanol–water partition coefficient (Wildman–Crippen LogP) is 2.54. The third kappa shape index (κ3) is 3.15. The molecule has 0 spiro atoms. The molecule has 0 saturated carbocycles. The molecule has 2 aromatic rings. The maximum absolute atomic E-state index is 12.3. The van der Waals surface area contributed by atoms with Crippen LogP contribution in [0.5, 0.6) is 0 Å². The number of nitrogens with two attached hydrogens (primary N) is 1. The Labute approximate surface area is 122 Å². The quantitative estimate of drug-likeness (QED) is 0.597. The molecule has 0 saturated heterocycles. The fourth-order valence-corrected chi connectivity index (χ4v) is 2.66. The van der Waals surface area contributed by atoms with Crippen molar-refractivity contribution in [2.45, 2.75) is 26.8 Å². The summed E-state index contributed by atoms with van der Waals surface area (Å²) >= 11 is 1.58. The number of anilines is 1. The van der Waals surface area contributed by atoms with Crippen LogP contribution in [0, 0.1) is 13.8 Å². The van der Waals surface area contributed by atoms with Crippen molar-refractivity contribution in [1.29, 1.82) is 0 Å². The Balaban J connectivity index is 2.16. The van der Waals surface area contributed by atoms with Crippen LogP contribution >= 0.6 is 11.3 Å². The third-order valence-electron chi connectivity index (χ3n) is 2.93. The summed E-state index contributed by atoms with van der Waals surface area (Å²) in [5.74, 6) is 5.29. The number of hydrazine groups is 1. The van der Waals surface area contributed by atoms with Crippen LogP contribution in [-0.2, 0) is 0 Å². The van der Waals surface area contributed by atoms with E-state index in [0.717, 1.165) is 15.4 Å². The van der Waals surface area contributed by atoms with Gasteiger partial charge in [0.25, 0.3) is 5.91 Å². The first-order chi connectivity index (χ1) is 9.51. The number of aromatic nitrogens is 1. The second kappa shape index (κ2) is 6.02. The summed E-state index contributed by atoms with van der Waals surface area (Å²) in [6.45, 7) is 5.86. The SMILES string of the molecule is Cc1ccc(C(=O)NC(C)c2ncc(C)s2)c(NN)c1. The van der Waals surface area contributed by atoms with Gasteiger partial charge in [-0.15, -0.1) is 11.3 Å². The fourth-order valence-electron chi connectivity index (χ4n) is 1.88. The van der Waals surface area contributed by atoms with Gasteiger partial charge in [-0.1, -0.05) is 6.07 Å². The Morgan fingerprint density at radius 1 is 1.40 bits per heavy atom. The van der Waals surface area contributed by atoms with Crippen molar-refractivity contribution in [3.63, 3.8) is 0 Å². The summed E-state index contributed by atoms with van der Waals surface area (Å²) in [7, 11) is 0. The number of nitrogen functional groups attached to an aromatic ring is 1. The second-order valence-electron chi connectivity index (χ2n) is 4.70. The van der Waals surface area contributed by atoms with E-state index >= 15 is 0 Å². The maximum atomic E-state index is 12.3. The molecule has 2 rings (SSSR count). The number of amides is 1. The molecule has 0 fully saturated rings. The van der Waals surface area contributed by atoms with Gasteiger partial charge in [0.2, 0.25) is 0 Å². The molecule has 0 radical (unpaired) electrons. The molecule has 5 nitrogen and oxygen atoms in total. The molecule has 106 valence electrons. The van der Waals surface area contributed by atoms with Crippen LogP contribution in [0.4, 0.5) is 5.69 Å². The first-order valence-electron chi connectivity index (χ1n) is 6.31. The molecule has 0 aliphatic rings. The molecule has 4 N–H and O–H groups in total. The van der Waals surface area contributed by atoms with E-state index in [9.17, 15) is 4.79 Å². The third-order valence-corrected chi connectivity index (χ3v) is 4.03. The summed E-state index contributed by atoms with van der Waals surface area (Å²) in [6.07, 6.45) is 1.81. The largest absolute Gasteiger partial charge is 0.343 e. The Morgan fingerprint density at radius 2 is 2.15 bits per heavy atom. The number of thiazole rings is 1. The number of rotatable bonds is 4. The van der Waals surface area contributed by atoms with E-state index in [1.54, 1.807) is 23.6 Å². The van der Waals surface area contributed by atoms with Gasteiger partial charge in [0.15, 0.2) is 0 Å². The van der Waals surface area contributed by atoms with Gasteiger partial charge in [-0.3, -0.25) is 10.6 Å². The summed E-state index contributed by atoms with van der Waals surface area (Å²) in [5, 5.41) is 3.83. The van der Waals surface area contributed by atoms with Gasteiger partial charge in [0.05, 0.1) is 17.3 Å². The molecular weight excluding hydrogens is 272 g/mol. The molecule has 6 heteroatoms. The Morgan fingerprint density at radius 3 is 2.75 bits per heavy atom. The minimum Gasteiger partial charge on any atom is -0.343 e. The lowest BCUT2D eigenvalue weighted by Crippen LogP contribution is -2.28. The minimum absolute atomic E-state index is 0.131. The molecule has 1 heterocycles. The van der Waals surface area contributed by atoms with Crippen LogP contribution in [-0.4, -0.2) is 10.9 Å². The average Bonchev–Trinajstić information content (AvgIpc) is 2.85. The first kappa shape index (κ1) is 14.5. The van der Waals surface area contributed by atoms with Crippen molar-refractivity contribution >= 4 is 22.9 Å². The molecule has 0 aliphatic heterocycles. The second-order valence-corrected chi connectivity index (χ2v) is 5.96. The van der Waals surface area contributed by atoms with Crippen molar-refractivity contribution in [1.82, 2.24) is 10.3 Å². The first-order valence-corrected chi connectivity index (χ1v) is 7.13. The number of benzene rings is 1. The molecule has 0 aliphatic carbocycles. The summed E-state index contributed by atoms with van der Waals surface area (Å²) in [6, 6.07) is 5.36. The molecule has 1 unspecified atom stereocenters. The van der Waals surface area contributed by atoms with Gasteiger partial charge >= 0.3 is 0 Å². The van der Waals surface area contributed by atoms with Crippen LogP contribution in [0.2, 0.25) is 0 Å². The summed E-state index contributed by atoms with van der Waals surface area (Å²) in [5.41, 5.74) is 4.74. The zero-order chi connectivity index (χ0) is 14.7. The number of hydrogen-bond donors (Lipinski definition) is 3. The lowest BCUT2D eigenvalue weighted by Gasteiger charge is -2.14. The highest BCUT2D eigenvalue weighted by Crippen LogP contribution is 2.21. The smallest absolute Gasteiger partial charge is 0.253 e. The van der Waals surface area contributed by atoms with Gasteiger partial charge in [0.1, 0.15) is 5.01 Å². The summed E-state index contributed by atoms with van der Waals surface area (Å²) in [4.78, 5) is 17.7. The van der Waals surface area contributed by atoms with Crippen LogP contribution in [0.3, 0.4) is 0 Å². The van der Waals surface area contributed by atoms with Gasteiger partial charge in [-0.2, -0.15) is 0 Å². The Hall–Kier alpha value is -1.92. The zero-order valence-corrected chi connectivity index (χ0v) is 12.5. The molecule has 1 aromatic heterocycles. The zero-order valence-electron chi connectivity index (χ0n) is 11.7. The number of aryl methyl sites for hydroxylation is 2. The lowest BCUT2D eigenvalue weighted by atomic mass is 10.1. The van der Waals surface area contributed by atoms with E-state index in [2.05, 4.69) is 15.7 Å². The van der Waals surface area contributed by atoms with Crippen LogP contribution in [0.15, 0.2) is 24.4 Å². The number of carbonyl (C=O) groups excluding carboxylic acids is 1. The van der Waals surface area contributed by atoms with Crippen molar-refractivity contribution in [3.05, 3.63) is 45.4 Å². The fraction of sp³-hybridized carbons (Fsp3) is 0.286. The highest BCUT2D eigenvalue weighted by molar-refractivity contribution is 7.11. The van der Waals surface area contributed by atoms with E-state index in [-0.39, 0.29) is 11.9 Å². The maximum Gasteiger partial charge on any atom is 0.253 e. The number of hydrogen-bond acceptors (Lipinski definition) is 5. The number of carbonyl (C=O) groups is 1. The normalized spacial score (nSPS) is 12.0. The van der Waals surface area contributed by atoms with Crippen molar-refractivity contribution in [2.75, 3.05) is 5.43 Å². The summed E-state index contributed by atoms with van der Waals surface area (Å²) < 4.78 is 0. The van der Waals surface area contributed by atoms with Gasteiger partial charge in [-0.25, -0.2) is 4.98 Å². The molecule has 20 heavy (non-hydrogen) atoms. The monoisotopic (exact) mass is 290 g/mol. The van der Waals surface area contributed by atoms with E-state index in [1.165, 1.54) is 0 Å². The Kier molecular flexibility index (Phi) is 4.36. The van der Waals surface area contributed by atoms with E-state index in [0.29, 0.717) is 11.3 Å². The van der Waals surface area contributed by atoms with Crippen molar-refractivity contribution in [3.8, 4) is 0 Å². The average molecular weight is 290 g/mol. The van der Waals surface area contributed by atoms with E-state index < -0.39 is 0 Å². The van der Waals surface area contributed by atoms with Gasteiger partial charge < -0.3 is 10.7 Å². The minimum atomic E-state index is -0.168. The van der Waals surface area contributed by atoms with E-state index in [4.69, 9.17) is 5.84 Å².